The summed E-state index contributed by atoms with van der Waals surface area (Å²) >= 11 is 0. The molecule has 1 saturated heterocycles. The Bertz CT molecular complexity index is 1000. The highest BCUT2D eigenvalue weighted by Crippen LogP contribution is 2.23. The smallest absolute Gasteiger partial charge is 0.243 e. The molecule has 0 atom stereocenters. The second-order valence-electron chi connectivity index (χ2n) is 9.58. The van der Waals surface area contributed by atoms with Gasteiger partial charge in [-0.15, -0.1) is 0 Å². The maximum Gasteiger partial charge on any atom is 0.243 e. The van der Waals surface area contributed by atoms with Gasteiger partial charge in [0.05, 0.1) is 11.4 Å². The summed E-state index contributed by atoms with van der Waals surface area (Å²) in [5.41, 5.74) is 2.55. The normalized spacial score (nSPS) is 15.2. The van der Waals surface area contributed by atoms with E-state index in [1.165, 1.54) is 5.56 Å². The zero-order valence-corrected chi connectivity index (χ0v) is 20.8. The van der Waals surface area contributed by atoms with Gasteiger partial charge < -0.3 is 10.1 Å². The summed E-state index contributed by atoms with van der Waals surface area (Å²) in [5.74, 6) is 0.572. The van der Waals surface area contributed by atoms with Crippen molar-refractivity contribution in [2.45, 2.75) is 63.2 Å². The molecule has 7 heteroatoms. The highest BCUT2D eigenvalue weighted by Gasteiger charge is 2.25. The van der Waals surface area contributed by atoms with Crippen molar-refractivity contribution in [1.82, 2.24) is 9.62 Å². The quantitative estimate of drug-likeness (QED) is 0.553. The standard InChI is InChI=1S/C26H36N2O4S/c1-26(2,3)22-10-7-21(8-11-22)9-16-25(29)27-17-20-32-23-12-14-24(15-13-23)33(30,31)28-18-5-4-6-19-28/h7-8,10-15H,4-6,9,16-20H2,1-3H3,(H,27,29). The molecule has 0 unspecified atom stereocenters. The van der Waals surface area contributed by atoms with E-state index in [4.69, 9.17) is 4.74 Å². The Balaban J connectivity index is 1.37. The number of carbonyl (C=O) groups is 1. The highest BCUT2D eigenvalue weighted by molar-refractivity contribution is 7.89. The first kappa shape index (κ1) is 25.2. The van der Waals surface area contributed by atoms with E-state index in [1.807, 2.05) is 0 Å². The zero-order chi connectivity index (χ0) is 23.9. The molecule has 6 nitrogen and oxygen atoms in total. The third-order valence-corrected chi connectivity index (χ3v) is 7.84. The van der Waals surface area contributed by atoms with Crippen LogP contribution in [0, 0.1) is 0 Å². The fraction of sp³-hybridized carbons (Fsp3) is 0.500. The molecule has 3 rings (SSSR count). The van der Waals surface area contributed by atoms with Crippen molar-refractivity contribution in [3.63, 3.8) is 0 Å². The van der Waals surface area contributed by atoms with Crippen LogP contribution in [0.15, 0.2) is 53.4 Å². The first-order valence-electron chi connectivity index (χ1n) is 11.8. The monoisotopic (exact) mass is 472 g/mol. The van der Waals surface area contributed by atoms with Crippen molar-refractivity contribution in [2.24, 2.45) is 0 Å². The second-order valence-corrected chi connectivity index (χ2v) is 11.5. The van der Waals surface area contributed by atoms with Gasteiger partial charge in [0.15, 0.2) is 0 Å². The molecule has 0 radical (unpaired) electrons. The van der Waals surface area contributed by atoms with Gasteiger partial charge >= 0.3 is 0 Å². The third kappa shape index (κ3) is 7.30. The predicted octanol–water partition coefficient (Wildman–Crippen LogP) is 4.29. The molecule has 0 aliphatic carbocycles. The van der Waals surface area contributed by atoms with Gasteiger partial charge in [-0.1, -0.05) is 51.5 Å². The van der Waals surface area contributed by atoms with Crippen molar-refractivity contribution < 1.29 is 17.9 Å². The van der Waals surface area contributed by atoms with E-state index in [0.29, 0.717) is 49.7 Å². The summed E-state index contributed by atoms with van der Waals surface area (Å²) in [6.45, 7) is 8.45. The molecule has 0 bridgehead atoms. The molecule has 2 aromatic rings. The maximum absolute atomic E-state index is 12.7. The Hall–Kier alpha value is -2.38. The summed E-state index contributed by atoms with van der Waals surface area (Å²) in [5, 5.41) is 2.87. The Morgan fingerprint density at radius 3 is 2.21 bits per heavy atom. The minimum atomic E-state index is -3.43. The van der Waals surface area contributed by atoms with E-state index in [0.717, 1.165) is 24.8 Å². The number of piperidine rings is 1. The number of carbonyl (C=O) groups excluding carboxylic acids is 1. The molecule has 1 aliphatic heterocycles. The number of rotatable bonds is 9. The highest BCUT2D eigenvalue weighted by atomic mass is 32.2. The van der Waals surface area contributed by atoms with E-state index >= 15 is 0 Å². The minimum absolute atomic E-state index is 0.0125. The molecule has 0 saturated carbocycles. The lowest BCUT2D eigenvalue weighted by Crippen LogP contribution is -2.35. The Morgan fingerprint density at radius 2 is 1.61 bits per heavy atom. The fourth-order valence-corrected chi connectivity index (χ4v) is 5.36. The number of aryl methyl sites for hydroxylation is 1. The van der Waals surface area contributed by atoms with Crippen LogP contribution in [0.4, 0.5) is 0 Å². The topological polar surface area (TPSA) is 75.7 Å². The summed E-state index contributed by atoms with van der Waals surface area (Å²) in [7, 11) is -3.43. The van der Waals surface area contributed by atoms with Gasteiger partial charge in [-0.2, -0.15) is 4.31 Å². The summed E-state index contributed by atoms with van der Waals surface area (Å²) in [6, 6.07) is 14.9. The number of sulfonamides is 1. The zero-order valence-electron chi connectivity index (χ0n) is 20.0. The van der Waals surface area contributed by atoms with Crippen LogP contribution in [0.3, 0.4) is 0 Å². The van der Waals surface area contributed by atoms with Gasteiger partial charge in [-0.05, 0) is 60.1 Å². The van der Waals surface area contributed by atoms with Crippen LogP contribution in [0.1, 0.15) is 57.6 Å². The summed E-state index contributed by atoms with van der Waals surface area (Å²) < 4.78 is 32.6. The molecular formula is C26H36N2O4S. The largest absolute Gasteiger partial charge is 0.492 e. The molecule has 1 fully saturated rings. The van der Waals surface area contributed by atoms with Crippen molar-refractivity contribution in [2.75, 3.05) is 26.2 Å². The van der Waals surface area contributed by atoms with Gasteiger partial charge in [0.2, 0.25) is 15.9 Å². The number of hydrogen-bond acceptors (Lipinski definition) is 4. The SMILES string of the molecule is CC(C)(C)c1ccc(CCC(=O)NCCOc2ccc(S(=O)(=O)N3CCCCC3)cc2)cc1. The van der Waals surface area contributed by atoms with Gasteiger partial charge in [-0.3, -0.25) is 4.79 Å². The van der Waals surface area contributed by atoms with Crippen LogP contribution in [0.2, 0.25) is 0 Å². The molecule has 33 heavy (non-hydrogen) atoms. The van der Waals surface area contributed by atoms with Crippen LogP contribution in [-0.2, 0) is 26.7 Å². The lowest BCUT2D eigenvalue weighted by Gasteiger charge is -2.25. The van der Waals surface area contributed by atoms with Crippen molar-refractivity contribution in [3.8, 4) is 5.75 Å². The van der Waals surface area contributed by atoms with Crippen LogP contribution >= 0.6 is 0 Å². The molecule has 0 aromatic heterocycles. The Morgan fingerprint density at radius 1 is 0.970 bits per heavy atom. The molecule has 1 heterocycles. The van der Waals surface area contributed by atoms with E-state index in [-0.39, 0.29) is 11.3 Å². The molecule has 180 valence electrons. The Kier molecular flexibility index (Phi) is 8.54. The minimum Gasteiger partial charge on any atom is -0.492 e. The summed E-state index contributed by atoms with van der Waals surface area (Å²) in [6.07, 6.45) is 4.03. The lowest BCUT2D eigenvalue weighted by atomic mass is 9.86. The van der Waals surface area contributed by atoms with Crippen molar-refractivity contribution in [3.05, 3.63) is 59.7 Å². The summed E-state index contributed by atoms with van der Waals surface area (Å²) in [4.78, 5) is 12.4. The molecule has 1 N–H and O–H groups in total. The molecule has 2 aromatic carbocycles. The van der Waals surface area contributed by atoms with Gasteiger partial charge in [0, 0.05) is 19.5 Å². The number of ether oxygens (including phenoxy) is 1. The van der Waals surface area contributed by atoms with Crippen LogP contribution in [-0.4, -0.2) is 44.9 Å². The Labute approximate surface area is 198 Å². The van der Waals surface area contributed by atoms with Crippen molar-refractivity contribution in [1.29, 1.82) is 0 Å². The van der Waals surface area contributed by atoms with Crippen LogP contribution < -0.4 is 10.1 Å². The second kappa shape index (κ2) is 11.2. The number of amides is 1. The van der Waals surface area contributed by atoms with Gasteiger partial charge in [0.25, 0.3) is 0 Å². The maximum atomic E-state index is 12.7. The van der Waals surface area contributed by atoms with E-state index < -0.39 is 10.0 Å². The number of nitrogens with zero attached hydrogens (tertiary/aromatic N) is 1. The first-order chi connectivity index (χ1) is 15.7. The molecular weight excluding hydrogens is 436 g/mol. The average Bonchev–Trinajstić information content (AvgIpc) is 2.81. The van der Waals surface area contributed by atoms with Crippen molar-refractivity contribution >= 4 is 15.9 Å². The predicted molar refractivity (Wildman–Crippen MR) is 131 cm³/mol. The first-order valence-corrected chi connectivity index (χ1v) is 13.2. The average molecular weight is 473 g/mol. The molecule has 0 spiro atoms. The molecule has 1 aliphatic rings. The molecule has 1 amide bonds. The number of benzene rings is 2. The van der Waals surface area contributed by atoms with E-state index in [2.05, 4.69) is 50.4 Å². The van der Waals surface area contributed by atoms with Crippen LogP contribution in [0.5, 0.6) is 5.75 Å². The third-order valence-electron chi connectivity index (χ3n) is 5.93. The number of hydrogen-bond donors (Lipinski definition) is 1. The van der Waals surface area contributed by atoms with E-state index in [9.17, 15) is 13.2 Å². The van der Waals surface area contributed by atoms with E-state index in [1.54, 1.807) is 28.6 Å². The number of nitrogens with one attached hydrogen (secondary N) is 1. The van der Waals surface area contributed by atoms with Gasteiger partial charge in [-0.25, -0.2) is 8.42 Å². The fourth-order valence-electron chi connectivity index (χ4n) is 3.84. The lowest BCUT2D eigenvalue weighted by molar-refractivity contribution is -0.121. The van der Waals surface area contributed by atoms with Crippen LogP contribution in [0.25, 0.3) is 0 Å². The van der Waals surface area contributed by atoms with Gasteiger partial charge in [0.1, 0.15) is 12.4 Å².